The molecule has 1 saturated heterocycles. The molecule has 9 nitrogen and oxygen atoms in total. The number of methoxy groups -OCH3 is 1. The molecule has 4 rings (SSSR count). The summed E-state index contributed by atoms with van der Waals surface area (Å²) in [6, 6.07) is 3.64. The molecule has 138 valence electrons. The first-order valence-corrected chi connectivity index (χ1v) is 8.75. The molecule has 3 aromatic rings. The molecule has 0 saturated carbocycles. The molecular formula is C17H21N5O4. The summed E-state index contributed by atoms with van der Waals surface area (Å²) in [5.41, 5.74) is 0. The average molecular weight is 359 g/mol. The number of furan rings is 1. The fourth-order valence-corrected chi connectivity index (χ4v) is 3.15. The highest BCUT2D eigenvalue weighted by molar-refractivity contribution is 5.42. The molecule has 0 amide bonds. The predicted molar refractivity (Wildman–Crippen MR) is 88.9 cm³/mol. The van der Waals surface area contributed by atoms with Gasteiger partial charge in [0.15, 0.2) is 11.6 Å². The summed E-state index contributed by atoms with van der Waals surface area (Å²) in [5.74, 6) is 2.81. The molecule has 0 N–H and O–H groups in total. The Morgan fingerprint density at radius 3 is 3.12 bits per heavy atom. The zero-order chi connectivity index (χ0) is 17.8. The van der Waals surface area contributed by atoms with E-state index < -0.39 is 0 Å². The number of ether oxygens (including phenoxy) is 1. The number of hydrogen-bond acceptors (Lipinski definition) is 9. The zero-order valence-electron chi connectivity index (χ0n) is 14.6. The van der Waals surface area contributed by atoms with Gasteiger partial charge in [-0.05, 0) is 31.5 Å². The van der Waals surface area contributed by atoms with Crippen LogP contribution in [0.5, 0.6) is 0 Å². The van der Waals surface area contributed by atoms with E-state index >= 15 is 0 Å². The maximum absolute atomic E-state index is 5.73. The topological polar surface area (TPSA) is 103 Å². The van der Waals surface area contributed by atoms with Crippen molar-refractivity contribution < 1.29 is 18.1 Å². The zero-order valence-corrected chi connectivity index (χ0v) is 14.6. The minimum atomic E-state index is 0.0616. The summed E-state index contributed by atoms with van der Waals surface area (Å²) in [7, 11) is 1.66. The van der Waals surface area contributed by atoms with E-state index in [2.05, 4.69) is 25.2 Å². The minimum Gasteiger partial charge on any atom is -0.459 e. The van der Waals surface area contributed by atoms with Gasteiger partial charge in [-0.15, -0.1) is 10.2 Å². The monoisotopic (exact) mass is 359 g/mol. The van der Waals surface area contributed by atoms with E-state index in [0.29, 0.717) is 48.8 Å². The smallest absolute Gasteiger partial charge is 0.283 e. The Balaban J connectivity index is 1.46. The lowest BCUT2D eigenvalue weighted by molar-refractivity contribution is 0.101. The Hall–Kier alpha value is -2.52. The lowest BCUT2D eigenvalue weighted by Gasteiger charge is -2.32. The van der Waals surface area contributed by atoms with Gasteiger partial charge in [0.2, 0.25) is 11.8 Å². The molecule has 0 radical (unpaired) electrons. The van der Waals surface area contributed by atoms with Crippen LogP contribution in [0.25, 0.3) is 11.7 Å². The molecule has 1 fully saturated rings. The average Bonchev–Trinajstić information content (AvgIpc) is 3.41. The van der Waals surface area contributed by atoms with Gasteiger partial charge in [-0.1, -0.05) is 11.6 Å². The molecule has 1 unspecified atom stereocenters. The fraction of sp³-hybridized carbons (Fsp3) is 0.529. The van der Waals surface area contributed by atoms with Crippen molar-refractivity contribution in [2.24, 2.45) is 0 Å². The van der Waals surface area contributed by atoms with Crippen LogP contribution in [0, 0.1) is 0 Å². The normalized spacial score (nSPS) is 18.4. The van der Waals surface area contributed by atoms with E-state index in [1.807, 2.05) is 0 Å². The Labute approximate surface area is 150 Å². The molecule has 3 aromatic heterocycles. The Kier molecular flexibility index (Phi) is 5.07. The molecule has 0 spiro atoms. The highest BCUT2D eigenvalue weighted by Crippen LogP contribution is 2.31. The van der Waals surface area contributed by atoms with Crippen LogP contribution in [0.4, 0.5) is 0 Å². The van der Waals surface area contributed by atoms with Gasteiger partial charge in [-0.2, -0.15) is 4.98 Å². The van der Waals surface area contributed by atoms with Crippen LogP contribution >= 0.6 is 0 Å². The molecule has 26 heavy (non-hydrogen) atoms. The van der Waals surface area contributed by atoms with E-state index in [1.165, 1.54) is 0 Å². The van der Waals surface area contributed by atoms with Crippen LogP contribution in [0.1, 0.15) is 42.9 Å². The van der Waals surface area contributed by atoms with Crippen molar-refractivity contribution in [2.45, 2.75) is 38.3 Å². The Morgan fingerprint density at radius 2 is 2.27 bits per heavy atom. The number of nitrogens with zero attached hydrogens (tertiary/aromatic N) is 5. The highest BCUT2D eigenvalue weighted by atomic mass is 16.5. The van der Waals surface area contributed by atoms with E-state index in [4.69, 9.17) is 18.1 Å². The van der Waals surface area contributed by atoms with Gasteiger partial charge in [0.05, 0.1) is 25.5 Å². The van der Waals surface area contributed by atoms with Crippen LogP contribution in [0.15, 0.2) is 31.8 Å². The number of likely N-dealkylation sites (tertiary alicyclic amines) is 1. The van der Waals surface area contributed by atoms with Crippen molar-refractivity contribution in [3.63, 3.8) is 0 Å². The first-order valence-electron chi connectivity index (χ1n) is 8.75. The van der Waals surface area contributed by atoms with Crippen molar-refractivity contribution in [3.8, 4) is 11.7 Å². The second kappa shape index (κ2) is 7.79. The van der Waals surface area contributed by atoms with E-state index in [9.17, 15) is 0 Å². The third-order valence-electron chi connectivity index (χ3n) is 4.45. The summed E-state index contributed by atoms with van der Waals surface area (Å²) in [4.78, 5) is 6.77. The molecular weight excluding hydrogens is 338 g/mol. The largest absolute Gasteiger partial charge is 0.459 e. The second-order valence-corrected chi connectivity index (χ2v) is 6.25. The molecule has 1 aliphatic heterocycles. The first-order chi connectivity index (χ1) is 12.8. The summed E-state index contributed by atoms with van der Waals surface area (Å²) in [6.45, 7) is 2.03. The van der Waals surface area contributed by atoms with E-state index in [1.54, 1.807) is 25.5 Å². The number of rotatable bonds is 7. The van der Waals surface area contributed by atoms with Crippen molar-refractivity contribution in [1.29, 1.82) is 0 Å². The highest BCUT2D eigenvalue weighted by Gasteiger charge is 2.30. The second-order valence-electron chi connectivity index (χ2n) is 6.25. The van der Waals surface area contributed by atoms with Gasteiger partial charge < -0.3 is 18.1 Å². The van der Waals surface area contributed by atoms with Crippen LogP contribution in [0.3, 0.4) is 0 Å². The maximum Gasteiger partial charge on any atom is 0.283 e. The van der Waals surface area contributed by atoms with Crippen molar-refractivity contribution in [1.82, 2.24) is 25.2 Å². The Bertz CT molecular complexity index is 813. The molecule has 0 bridgehead atoms. The van der Waals surface area contributed by atoms with Gasteiger partial charge >= 0.3 is 0 Å². The summed E-state index contributed by atoms with van der Waals surface area (Å²) < 4.78 is 21.6. The van der Waals surface area contributed by atoms with Gasteiger partial charge in [-0.25, -0.2) is 0 Å². The van der Waals surface area contributed by atoms with Crippen LogP contribution in [-0.2, 0) is 17.7 Å². The predicted octanol–water partition coefficient (Wildman–Crippen LogP) is 2.63. The maximum atomic E-state index is 5.73. The Morgan fingerprint density at radius 1 is 1.31 bits per heavy atom. The lowest BCUT2D eigenvalue weighted by atomic mass is 10.0. The molecule has 1 atom stereocenters. The lowest BCUT2D eigenvalue weighted by Crippen LogP contribution is -2.33. The van der Waals surface area contributed by atoms with Gasteiger partial charge in [0.1, 0.15) is 0 Å². The molecule has 0 aliphatic carbocycles. The SMILES string of the molecule is COCCc1noc(C2CCCCN2Cc2nnc(-c3ccco3)o2)n1. The standard InChI is InChI=1S/C17H21N5O4/c1-23-10-7-14-18-16(26-21-14)12-5-2-3-8-22(12)11-15-19-20-17(25-15)13-6-4-9-24-13/h4,6,9,12H,2-3,5,7-8,10-11H2,1H3. The fourth-order valence-electron chi connectivity index (χ4n) is 3.15. The number of hydrogen-bond donors (Lipinski definition) is 0. The van der Waals surface area contributed by atoms with Crippen LogP contribution in [0.2, 0.25) is 0 Å². The summed E-state index contributed by atoms with van der Waals surface area (Å²) >= 11 is 0. The van der Waals surface area contributed by atoms with Crippen molar-refractivity contribution in [2.75, 3.05) is 20.3 Å². The molecule has 4 heterocycles. The molecule has 1 aliphatic rings. The quantitative estimate of drug-likeness (QED) is 0.629. The van der Waals surface area contributed by atoms with Crippen molar-refractivity contribution in [3.05, 3.63) is 36.0 Å². The first kappa shape index (κ1) is 16.9. The third kappa shape index (κ3) is 3.68. The number of piperidine rings is 1. The van der Waals surface area contributed by atoms with E-state index in [-0.39, 0.29) is 6.04 Å². The van der Waals surface area contributed by atoms with Gasteiger partial charge in [-0.3, -0.25) is 4.90 Å². The van der Waals surface area contributed by atoms with Gasteiger partial charge in [0, 0.05) is 13.5 Å². The minimum absolute atomic E-state index is 0.0616. The van der Waals surface area contributed by atoms with Gasteiger partial charge in [0.25, 0.3) is 5.89 Å². The molecule has 0 aromatic carbocycles. The van der Waals surface area contributed by atoms with Crippen LogP contribution < -0.4 is 0 Å². The number of aromatic nitrogens is 4. The van der Waals surface area contributed by atoms with Crippen LogP contribution in [-0.4, -0.2) is 45.5 Å². The summed E-state index contributed by atoms with van der Waals surface area (Å²) in [5, 5.41) is 12.2. The third-order valence-corrected chi connectivity index (χ3v) is 4.45. The summed E-state index contributed by atoms with van der Waals surface area (Å²) in [6.07, 6.45) is 5.42. The molecule has 9 heteroatoms. The van der Waals surface area contributed by atoms with Crippen molar-refractivity contribution >= 4 is 0 Å². The van der Waals surface area contributed by atoms with E-state index in [0.717, 1.165) is 25.8 Å².